The molecule has 8 nitrogen and oxygen atoms in total. The molecular weight excluding hydrogens is 305 g/mol. The smallest absolute Gasteiger partial charge is 0.338 e. The molecule has 0 aliphatic carbocycles. The average Bonchev–Trinajstić information content (AvgIpc) is 2.39. The molecule has 2 rings (SSSR count). The minimum atomic E-state index is -1.56. The van der Waals surface area contributed by atoms with Gasteiger partial charge in [-0.1, -0.05) is 0 Å². The molecule has 1 heterocycles. The molecule has 0 saturated carbocycles. The Kier molecular flexibility index (Phi) is 3.98. The summed E-state index contributed by atoms with van der Waals surface area (Å²) in [5.74, 6) is -2.77. The lowest BCUT2D eigenvalue weighted by atomic mass is 10.2. The van der Waals surface area contributed by atoms with Crippen LogP contribution < -0.4 is 5.56 Å². The summed E-state index contributed by atoms with van der Waals surface area (Å²) >= 11 is 0.659. The second-order valence-electron chi connectivity index (χ2n) is 3.70. The highest BCUT2D eigenvalue weighted by Crippen LogP contribution is 2.34. The molecule has 2 N–H and O–H groups in total. The number of halogens is 1. The fourth-order valence-electron chi connectivity index (χ4n) is 1.44. The van der Waals surface area contributed by atoms with Crippen molar-refractivity contribution >= 4 is 23.4 Å². The van der Waals surface area contributed by atoms with Crippen LogP contribution in [0.3, 0.4) is 0 Å². The molecule has 0 aliphatic rings. The minimum absolute atomic E-state index is 0.0218. The van der Waals surface area contributed by atoms with E-state index in [0.29, 0.717) is 17.8 Å². The number of carbonyl (C=O) groups is 1. The zero-order valence-electron chi connectivity index (χ0n) is 10.1. The molecular formula is C11H6FN3O5S. The van der Waals surface area contributed by atoms with Gasteiger partial charge in [-0.05, 0) is 17.8 Å². The van der Waals surface area contributed by atoms with Gasteiger partial charge in [0.1, 0.15) is 5.82 Å². The number of nitro benzene ring substituents is 1. The first-order valence-corrected chi connectivity index (χ1v) is 6.14. The number of carboxylic acid groups (broad SMARTS) is 1. The molecule has 21 heavy (non-hydrogen) atoms. The van der Waals surface area contributed by atoms with Crippen LogP contribution >= 0.6 is 11.8 Å². The van der Waals surface area contributed by atoms with Crippen LogP contribution in [-0.4, -0.2) is 26.0 Å². The monoisotopic (exact) mass is 311 g/mol. The number of nitro groups is 1. The lowest BCUT2D eigenvalue weighted by Crippen LogP contribution is -2.06. The zero-order chi connectivity index (χ0) is 15.6. The van der Waals surface area contributed by atoms with Crippen LogP contribution in [0, 0.1) is 15.9 Å². The van der Waals surface area contributed by atoms with Crippen molar-refractivity contribution in [2.24, 2.45) is 0 Å². The van der Waals surface area contributed by atoms with E-state index in [1.165, 1.54) is 6.20 Å². The number of hydrogen-bond acceptors (Lipinski definition) is 6. The van der Waals surface area contributed by atoms with E-state index >= 15 is 0 Å². The third-order valence-corrected chi connectivity index (χ3v) is 3.28. The van der Waals surface area contributed by atoms with Crippen molar-refractivity contribution in [1.82, 2.24) is 9.97 Å². The second kappa shape index (κ2) is 5.71. The summed E-state index contributed by atoms with van der Waals surface area (Å²) in [5.41, 5.74) is -1.80. The van der Waals surface area contributed by atoms with E-state index in [9.17, 15) is 24.1 Å². The second-order valence-corrected chi connectivity index (χ2v) is 4.73. The molecule has 2 aromatic rings. The summed E-state index contributed by atoms with van der Waals surface area (Å²) in [6.07, 6.45) is 1.19. The molecule has 0 atom stereocenters. The number of benzene rings is 1. The molecule has 0 aliphatic heterocycles. The van der Waals surface area contributed by atoms with Gasteiger partial charge in [-0.15, -0.1) is 0 Å². The number of aromatic carboxylic acids is 1. The molecule has 0 saturated heterocycles. The predicted molar refractivity (Wildman–Crippen MR) is 69.0 cm³/mol. The topological polar surface area (TPSA) is 126 Å². The van der Waals surface area contributed by atoms with Crippen LogP contribution in [0.4, 0.5) is 10.1 Å². The van der Waals surface area contributed by atoms with E-state index < -0.39 is 33.5 Å². The summed E-state index contributed by atoms with van der Waals surface area (Å²) in [6, 6.07) is 2.49. The highest BCUT2D eigenvalue weighted by atomic mass is 32.2. The lowest BCUT2D eigenvalue weighted by molar-refractivity contribution is -0.387. The van der Waals surface area contributed by atoms with Gasteiger partial charge in [0.15, 0.2) is 5.16 Å². The first kappa shape index (κ1) is 14.7. The molecule has 0 unspecified atom stereocenters. The van der Waals surface area contributed by atoms with Crippen molar-refractivity contribution in [1.29, 1.82) is 0 Å². The first-order valence-electron chi connectivity index (χ1n) is 5.33. The SMILES string of the molecule is O=C(O)c1cc(Sc2nccc(=O)[nH]2)c([N+](=O)[O-])cc1F. The maximum absolute atomic E-state index is 13.5. The predicted octanol–water partition coefficient (Wildman–Crippen LogP) is 1.67. The number of nitrogens with one attached hydrogen (secondary N) is 1. The molecule has 108 valence electrons. The van der Waals surface area contributed by atoms with Crippen molar-refractivity contribution in [3.63, 3.8) is 0 Å². The van der Waals surface area contributed by atoms with E-state index in [2.05, 4.69) is 9.97 Å². The van der Waals surface area contributed by atoms with Crippen LogP contribution in [0.1, 0.15) is 10.4 Å². The summed E-state index contributed by atoms with van der Waals surface area (Å²) in [4.78, 5) is 38.0. The van der Waals surface area contributed by atoms with Gasteiger partial charge in [0.2, 0.25) is 0 Å². The van der Waals surface area contributed by atoms with Gasteiger partial charge in [-0.2, -0.15) is 0 Å². The zero-order valence-corrected chi connectivity index (χ0v) is 10.9. The van der Waals surface area contributed by atoms with Crippen LogP contribution in [0.5, 0.6) is 0 Å². The van der Waals surface area contributed by atoms with Gasteiger partial charge in [-0.25, -0.2) is 14.2 Å². The summed E-state index contributed by atoms with van der Waals surface area (Å²) in [5, 5.41) is 19.8. The number of carboxylic acids is 1. The van der Waals surface area contributed by atoms with Gasteiger partial charge in [0, 0.05) is 12.3 Å². The average molecular weight is 311 g/mol. The van der Waals surface area contributed by atoms with Crippen LogP contribution in [0.15, 0.2) is 39.2 Å². The number of rotatable bonds is 4. The van der Waals surface area contributed by atoms with Crippen molar-refractivity contribution in [3.8, 4) is 0 Å². The Morgan fingerprint density at radius 2 is 2.19 bits per heavy atom. The quantitative estimate of drug-likeness (QED) is 0.499. The summed E-state index contributed by atoms with van der Waals surface area (Å²) < 4.78 is 13.5. The Balaban J connectivity index is 2.54. The van der Waals surface area contributed by atoms with Gasteiger partial charge >= 0.3 is 5.97 Å². The summed E-state index contributed by atoms with van der Waals surface area (Å²) in [7, 11) is 0. The van der Waals surface area contributed by atoms with Crippen molar-refractivity contribution in [2.75, 3.05) is 0 Å². The Hall–Kier alpha value is -2.75. The van der Waals surface area contributed by atoms with Gasteiger partial charge in [0.05, 0.1) is 21.4 Å². The Bertz CT molecular complexity index is 792. The van der Waals surface area contributed by atoms with E-state index in [4.69, 9.17) is 5.11 Å². The van der Waals surface area contributed by atoms with E-state index in [1.807, 2.05) is 0 Å². The Morgan fingerprint density at radius 3 is 2.76 bits per heavy atom. The maximum Gasteiger partial charge on any atom is 0.338 e. The number of H-pyrrole nitrogens is 1. The van der Waals surface area contributed by atoms with Gasteiger partial charge in [0.25, 0.3) is 11.2 Å². The third-order valence-electron chi connectivity index (χ3n) is 2.33. The fraction of sp³-hybridized carbons (Fsp3) is 0. The molecule has 1 aromatic carbocycles. The van der Waals surface area contributed by atoms with Crippen LogP contribution in [0.25, 0.3) is 0 Å². The Morgan fingerprint density at radius 1 is 1.48 bits per heavy atom. The van der Waals surface area contributed by atoms with E-state index in [0.717, 1.165) is 12.1 Å². The van der Waals surface area contributed by atoms with Crippen molar-refractivity contribution < 1.29 is 19.2 Å². The molecule has 0 fully saturated rings. The van der Waals surface area contributed by atoms with E-state index in [-0.39, 0.29) is 10.1 Å². The molecule has 1 aromatic heterocycles. The van der Waals surface area contributed by atoms with Crippen LogP contribution in [0.2, 0.25) is 0 Å². The lowest BCUT2D eigenvalue weighted by Gasteiger charge is -2.04. The van der Waals surface area contributed by atoms with Gasteiger partial charge < -0.3 is 10.1 Å². The number of aromatic nitrogens is 2. The Labute approximate surface area is 119 Å². The maximum atomic E-state index is 13.5. The molecule has 10 heteroatoms. The molecule has 0 amide bonds. The highest BCUT2D eigenvalue weighted by Gasteiger charge is 2.22. The number of nitrogens with zero attached hydrogens (tertiary/aromatic N) is 2. The summed E-state index contributed by atoms with van der Waals surface area (Å²) in [6.45, 7) is 0. The van der Waals surface area contributed by atoms with Gasteiger partial charge in [-0.3, -0.25) is 14.9 Å². The third kappa shape index (κ3) is 3.23. The standard InChI is InChI=1S/C11H6FN3O5S/c12-6-4-7(15(19)20)8(3-5(6)10(17)18)21-11-13-2-1-9(16)14-11/h1-4H,(H,17,18)(H,13,14,16). The number of hydrogen-bond donors (Lipinski definition) is 2. The molecule has 0 bridgehead atoms. The van der Waals surface area contributed by atoms with E-state index in [1.54, 1.807) is 0 Å². The largest absolute Gasteiger partial charge is 0.478 e. The minimum Gasteiger partial charge on any atom is -0.478 e. The van der Waals surface area contributed by atoms with Crippen LogP contribution in [-0.2, 0) is 0 Å². The van der Waals surface area contributed by atoms with Crippen molar-refractivity contribution in [2.45, 2.75) is 10.1 Å². The fourth-order valence-corrected chi connectivity index (χ4v) is 2.33. The first-order chi connectivity index (χ1) is 9.88. The number of aromatic amines is 1. The normalized spacial score (nSPS) is 10.3. The molecule has 0 spiro atoms. The molecule has 0 radical (unpaired) electrons. The van der Waals surface area contributed by atoms with Crippen molar-refractivity contribution in [3.05, 3.63) is 56.2 Å². The highest BCUT2D eigenvalue weighted by molar-refractivity contribution is 7.99.